The average molecular weight is 333 g/mol. The first-order chi connectivity index (χ1) is 9.69. The van der Waals surface area contributed by atoms with E-state index in [2.05, 4.69) is 64.3 Å². The van der Waals surface area contributed by atoms with E-state index in [9.17, 15) is 0 Å². The van der Waals surface area contributed by atoms with Gasteiger partial charge < -0.3 is 5.32 Å². The van der Waals surface area contributed by atoms with Crippen LogP contribution in [0.4, 0.5) is 5.69 Å². The number of hydrogen-bond acceptors (Lipinski definition) is 2. The predicted octanol–water partition coefficient (Wildman–Crippen LogP) is 5.36. The summed E-state index contributed by atoms with van der Waals surface area (Å²) in [5.74, 6) is 0. The van der Waals surface area contributed by atoms with Crippen molar-refractivity contribution in [1.29, 1.82) is 0 Å². The first kappa shape index (κ1) is 15.0. The number of aryl methyl sites for hydroxylation is 1. The minimum Gasteiger partial charge on any atom is -0.377 e. The number of nitrogens with one attached hydrogen (secondary N) is 1. The molecular weight excluding hydrogens is 312 g/mol. The van der Waals surface area contributed by atoms with Crippen molar-refractivity contribution < 1.29 is 0 Å². The summed E-state index contributed by atoms with van der Waals surface area (Å²) < 4.78 is 0.857. The van der Waals surface area contributed by atoms with Crippen molar-refractivity contribution in [2.45, 2.75) is 39.2 Å². The number of pyridine rings is 1. The van der Waals surface area contributed by atoms with E-state index in [-0.39, 0.29) is 6.04 Å². The maximum Gasteiger partial charge on any atom is 0.106 e. The molecule has 0 aliphatic rings. The fourth-order valence-electron chi connectivity index (χ4n) is 2.15. The number of rotatable bonds is 6. The lowest BCUT2D eigenvalue weighted by molar-refractivity contribution is 0.793. The zero-order valence-corrected chi connectivity index (χ0v) is 13.7. The lowest BCUT2D eigenvalue weighted by atomic mass is 10.0. The van der Waals surface area contributed by atoms with Crippen LogP contribution in [0.25, 0.3) is 0 Å². The molecule has 0 bridgehead atoms. The number of unbranched alkanes of at least 4 members (excludes halogenated alkanes) is 1. The predicted molar refractivity (Wildman–Crippen MR) is 89.0 cm³/mol. The Kier molecular flexibility index (Phi) is 5.60. The minimum atomic E-state index is 0.276. The summed E-state index contributed by atoms with van der Waals surface area (Å²) in [5, 5.41) is 3.46. The second-order valence-electron chi connectivity index (χ2n) is 5.08. The Hall–Kier alpha value is -1.35. The fourth-order valence-corrected chi connectivity index (χ4v) is 2.38. The molecule has 2 nitrogen and oxygen atoms in total. The molecule has 0 amide bonds. The van der Waals surface area contributed by atoms with Gasteiger partial charge in [0.05, 0.1) is 11.9 Å². The van der Waals surface area contributed by atoms with Gasteiger partial charge in [-0.2, -0.15) is 0 Å². The maximum absolute atomic E-state index is 4.23. The van der Waals surface area contributed by atoms with Gasteiger partial charge in [-0.05, 0) is 59.0 Å². The maximum atomic E-state index is 4.23. The van der Waals surface area contributed by atoms with Gasteiger partial charge in [0.25, 0.3) is 0 Å². The van der Waals surface area contributed by atoms with Crippen LogP contribution >= 0.6 is 15.9 Å². The van der Waals surface area contributed by atoms with Crippen molar-refractivity contribution in [1.82, 2.24) is 4.98 Å². The fraction of sp³-hybridized carbons (Fsp3) is 0.353. The van der Waals surface area contributed by atoms with Crippen molar-refractivity contribution in [3.8, 4) is 0 Å². The van der Waals surface area contributed by atoms with Crippen molar-refractivity contribution >= 4 is 21.6 Å². The zero-order chi connectivity index (χ0) is 14.4. The third-order valence-corrected chi connectivity index (χ3v) is 3.88. The van der Waals surface area contributed by atoms with Gasteiger partial charge in [-0.3, -0.25) is 0 Å². The Morgan fingerprint density at radius 3 is 2.50 bits per heavy atom. The Balaban J connectivity index is 1.98. The smallest absolute Gasteiger partial charge is 0.106 e. The van der Waals surface area contributed by atoms with Crippen molar-refractivity contribution in [3.63, 3.8) is 0 Å². The van der Waals surface area contributed by atoms with Crippen molar-refractivity contribution in [2.75, 3.05) is 5.32 Å². The second-order valence-corrected chi connectivity index (χ2v) is 5.89. The molecule has 1 N–H and O–H groups in total. The molecule has 0 aliphatic carbocycles. The number of benzene rings is 1. The number of hydrogen-bond donors (Lipinski definition) is 1. The molecule has 0 spiro atoms. The van der Waals surface area contributed by atoms with Gasteiger partial charge in [0.15, 0.2) is 0 Å². The highest BCUT2D eigenvalue weighted by atomic mass is 79.9. The van der Waals surface area contributed by atoms with E-state index >= 15 is 0 Å². The highest BCUT2D eigenvalue weighted by Crippen LogP contribution is 2.20. The zero-order valence-electron chi connectivity index (χ0n) is 12.1. The summed E-state index contributed by atoms with van der Waals surface area (Å²) in [6.07, 6.45) is 5.53. The molecule has 1 heterocycles. The van der Waals surface area contributed by atoms with Crippen LogP contribution in [-0.4, -0.2) is 4.98 Å². The molecule has 106 valence electrons. The van der Waals surface area contributed by atoms with Gasteiger partial charge in [-0.15, -0.1) is 0 Å². The summed E-state index contributed by atoms with van der Waals surface area (Å²) >= 11 is 3.35. The quantitative estimate of drug-likeness (QED) is 0.720. The lowest BCUT2D eigenvalue weighted by Crippen LogP contribution is -2.06. The Labute approximate surface area is 129 Å². The molecular formula is C17H21BrN2. The highest BCUT2D eigenvalue weighted by Gasteiger charge is 2.05. The third kappa shape index (κ3) is 4.34. The molecule has 0 saturated heterocycles. The van der Waals surface area contributed by atoms with Crippen LogP contribution in [0.5, 0.6) is 0 Å². The molecule has 1 aromatic carbocycles. The van der Waals surface area contributed by atoms with Gasteiger partial charge in [0.2, 0.25) is 0 Å². The highest BCUT2D eigenvalue weighted by molar-refractivity contribution is 9.10. The van der Waals surface area contributed by atoms with Crippen LogP contribution in [-0.2, 0) is 6.42 Å². The van der Waals surface area contributed by atoms with Crippen LogP contribution in [0.2, 0.25) is 0 Å². The molecule has 2 aromatic rings. The molecule has 0 fully saturated rings. The van der Waals surface area contributed by atoms with Crippen LogP contribution < -0.4 is 5.32 Å². The summed E-state index contributed by atoms with van der Waals surface area (Å²) in [6, 6.07) is 13.2. The molecule has 3 heteroatoms. The standard InChI is InChI=1S/C17H21BrN2/c1-3-4-5-14-6-8-15(9-7-14)13(2)20-16-10-11-17(18)19-12-16/h6-13,20H,3-5H2,1-2H3. The normalized spacial score (nSPS) is 12.2. The SMILES string of the molecule is CCCCc1ccc(C(C)Nc2ccc(Br)nc2)cc1. The van der Waals surface area contributed by atoms with Gasteiger partial charge in [0, 0.05) is 6.04 Å². The molecule has 0 radical (unpaired) electrons. The largest absolute Gasteiger partial charge is 0.377 e. The number of anilines is 1. The van der Waals surface area contributed by atoms with Gasteiger partial charge in [-0.25, -0.2) is 4.98 Å². The molecule has 0 saturated carbocycles. The summed E-state index contributed by atoms with van der Waals surface area (Å²) in [6.45, 7) is 4.40. The molecule has 2 rings (SSSR count). The average Bonchev–Trinajstić information content (AvgIpc) is 2.48. The molecule has 1 atom stereocenters. The van der Waals surface area contributed by atoms with E-state index < -0.39 is 0 Å². The van der Waals surface area contributed by atoms with Crippen LogP contribution in [0, 0.1) is 0 Å². The monoisotopic (exact) mass is 332 g/mol. The van der Waals surface area contributed by atoms with E-state index in [1.807, 2.05) is 18.3 Å². The third-order valence-electron chi connectivity index (χ3n) is 3.41. The van der Waals surface area contributed by atoms with E-state index in [1.54, 1.807) is 0 Å². The van der Waals surface area contributed by atoms with E-state index in [1.165, 1.54) is 30.4 Å². The van der Waals surface area contributed by atoms with Crippen molar-refractivity contribution in [3.05, 3.63) is 58.3 Å². The molecule has 0 aliphatic heterocycles. The number of nitrogens with zero attached hydrogens (tertiary/aromatic N) is 1. The second kappa shape index (κ2) is 7.44. The summed E-state index contributed by atoms with van der Waals surface area (Å²) in [7, 11) is 0. The van der Waals surface area contributed by atoms with Gasteiger partial charge in [-0.1, -0.05) is 37.6 Å². The Bertz CT molecular complexity index is 520. The van der Waals surface area contributed by atoms with Crippen LogP contribution in [0.1, 0.15) is 43.9 Å². The van der Waals surface area contributed by atoms with Crippen LogP contribution in [0.15, 0.2) is 47.2 Å². The minimum absolute atomic E-state index is 0.276. The molecule has 1 aromatic heterocycles. The van der Waals surface area contributed by atoms with Gasteiger partial charge >= 0.3 is 0 Å². The first-order valence-electron chi connectivity index (χ1n) is 7.16. The first-order valence-corrected chi connectivity index (χ1v) is 7.95. The van der Waals surface area contributed by atoms with E-state index in [0.717, 1.165) is 10.3 Å². The Morgan fingerprint density at radius 2 is 1.90 bits per heavy atom. The van der Waals surface area contributed by atoms with Crippen molar-refractivity contribution in [2.24, 2.45) is 0 Å². The summed E-state index contributed by atoms with van der Waals surface area (Å²) in [5.41, 5.74) is 3.76. The number of aromatic nitrogens is 1. The van der Waals surface area contributed by atoms with E-state index in [0.29, 0.717) is 0 Å². The summed E-state index contributed by atoms with van der Waals surface area (Å²) in [4.78, 5) is 4.23. The number of halogens is 1. The topological polar surface area (TPSA) is 24.9 Å². The Morgan fingerprint density at radius 1 is 1.15 bits per heavy atom. The van der Waals surface area contributed by atoms with Gasteiger partial charge in [0.1, 0.15) is 4.60 Å². The molecule has 20 heavy (non-hydrogen) atoms. The van der Waals surface area contributed by atoms with Crippen LogP contribution in [0.3, 0.4) is 0 Å². The van der Waals surface area contributed by atoms with E-state index in [4.69, 9.17) is 0 Å². The lowest BCUT2D eigenvalue weighted by Gasteiger charge is -2.16. The molecule has 1 unspecified atom stereocenters.